The van der Waals surface area contributed by atoms with Crippen LogP contribution >= 0.6 is 11.3 Å². The van der Waals surface area contributed by atoms with Crippen LogP contribution in [0.2, 0.25) is 0 Å². The highest BCUT2D eigenvalue weighted by Gasteiger charge is 2.49. The molecule has 1 aromatic rings. The van der Waals surface area contributed by atoms with Gasteiger partial charge in [-0.2, -0.15) is 0 Å². The summed E-state index contributed by atoms with van der Waals surface area (Å²) in [5, 5.41) is 3.16. The monoisotopic (exact) mass is 267 g/mol. The standard InChI is InChI=1S/C14H21NO2S/c1-6-17-12(16)14(4,5)10-8-18-11(15-10)9-7-13(9,2)3/h8-9H,6-7H2,1-5H3. The zero-order valence-electron chi connectivity index (χ0n) is 11.7. The van der Waals surface area contributed by atoms with Crippen molar-refractivity contribution in [2.24, 2.45) is 5.41 Å². The molecule has 1 aromatic heterocycles. The van der Waals surface area contributed by atoms with Crippen LogP contribution < -0.4 is 0 Å². The van der Waals surface area contributed by atoms with Gasteiger partial charge in [-0.1, -0.05) is 13.8 Å². The Morgan fingerprint density at radius 1 is 1.61 bits per heavy atom. The molecule has 0 spiro atoms. The maximum atomic E-state index is 11.9. The molecule has 1 fully saturated rings. The lowest BCUT2D eigenvalue weighted by atomic mass is 9.90. The molecule has 1 unspecified atom stereocenters. The highest BCUT2D eigenvalue weighted by atomic mass is 32.1. The molecule has 4 heteroatoms. The van der Waals surface area contributed by atoms with Crippen LogP contribution in [0.3, 0.4) is 0 Å². The third-order valence-electron chi connectivity index (χ3n) is 3.76. The minimum Gasteiger partial charge on any atom is -0.465 e. The van der Waals surface area contributed by atoms with Gasteiger partial charge in [0.2, 0.25) is 0 Å². The van der Waals surface area contributed by atoms with Crippen LogP contribution in [0, 0.1) is 5.41 Å². The van der Waals surface area contributed by atoms with Crippen LogP contribution in [0.25, 0.3) is 0 Å². The van der Waals surface area contributed by atoms with Crippen molar-refractivity contribution in [2.45, 2.75) is 52.4 Å². The van der Waals surface area contributed by atoms with Crippen molar-refractivity contribution in [2.75, 3.05) is 6.61 Å². The summed E-state index contributed by atoms with van der Waals surface area (Å²) in [5.41, 5.74) is 0.566. The molecule has 1 heterocycles. The minimum atomic E-state index is -0.649. The number of carbonyl (C=O) groups excluding carboxylic acids is 1. The Balaban J connectivity index is 2.17. The zero-order valence-corrected chi connectivity index (χ0v) is 12.6. The van der Waals surface area contributed by atoms with Crippen molar-refractivity contribution in [3.8, 4) is 0 Å². The smallest absolute Gasteiger partial charge is 0.317 e. The van der Waals surface area contributed by atoms with E-state index in [2.05, 4.69) is 18.8 Å². The maximum Gasteiger partial charge on any atom is 0.317 e. The van der Waals surface area contributed by atoms with Crippen LogP contribution in [0.1, 0.15) is 57.7 Å². The summed E-state index contributed by atoms with van der Waals surface area (Å²) in [4.78, 5) is 16.6. The molecule has 0 saturated heterocycles. The van der Waals surface area contributed by atoms with Gasteiger partial charge in [-0.05, 0) is 32.6 Å². The lowest BCUT2D eigenvalue weighted by molar-refractivity contribution is -0.148. The summed E-state index contributed by atoms with van der Waals surface area (Å²) < 4.78 is 5.11. The van der Waals surface area contributed by atoms with Gasteiger partial charge in [-0.25, -0.2) is 4.98 Å². The number of thiazole rings is 1. The van der Waals surface area contributed by atoms with Crippen molar-refractivity contribution >= 4 is 17.3 Å². The molecule has 18 heavy (non-hydrogen) atoms. The predicted octanol–water partition coefficient (Wildman–Crippen LogP) is 3.50. The second-order valence-electron chi connectivity index (χ2n) is 6.16. The number of rotatable bonds is 4. The zero-order chi connectivity index (χ0) is 13.6. The second-order valence-corrected chi connectivity index (χ2v) is 7.05. The molecule has 0 radical (unpaired) electrons. The Hall–Kier alpha value is -0.900. The van der Waals surface area contributed by atoms with E-state index in [1.807, 2.05) is 26.2 Å². The Labute approximate surface area is 113 Å². The number of hydrogen-bond donors (Lipinski definition) is 0. The average Bonchev–Trinajstić information content (AvgIpc) is 2.75. The Morgan fingerprint density at radius 2 is 2.22 bits per heavy atom. The molecule has 1 atom stereocenters. The van der Waals surface area contributed by atoms with E-state index in [1.165, 1.54) is 6.42 Å². The number of esters is 1. The number of ether oxygens (including phenoxy) is 1. The SMILES string of the molecule is CCOC(=O)C(C)(C)c1csc(C2CC2(C)C)n1. The Morgan fingerprint density at radius 3 is 2.72 bits per heavy atom. The predicted molar refractivity (Wildman–Crippen MR) is 72.9 cm³/mol. The molecule has 100 valence electrons. The Bertz CT molecular complexity index is 462. The molecule has 1 aliphatic carbocycles. The Kier molecular flexibility index (Phi) is 3.26. The molecule has 0 aromatic carbocycles. The van der Waals surface area contributed by atoms with E-state index in [0.717, 1.165) is 10.7 Å². The quantitative estimate of drug-likeness (QED) is 0.784. The lowest BCUT2D eigenvalue weighted by Crippen LogP contribution is -2.31. The van der Waals surface area contributed by atoms with E-state index in [-0.39, 0.29) is 5.97 Å². The first-order valence-electron chi connectivity index (χ1n) is 6.42. The minimum absolute atomic E-state index is 0.197. The summed E-state index contributed by atoms with van der Waals surface area (Å²) >= 11 is 1.67. The molecule has 0 N–H and O–H groups in total. The van der Waals surface area contributed by atoms with Crippen molar-refractivity contribution < 1.29 is 9.53 Å². The fourth-order valence-corrected chi connectivity index (χ4v) is 3.34. The van der Waals surface area contributed by atoms with E-state index >= 15 is 0 Å². The maximum absolute atomic E-state index is 11.9. The largest absolute Gasteiger partial charge is 0.465 e. The molecular formula is C14H21NO2S. The van der Waals surface area contributed by atoms with Gasteiger partial charge in [-0.3, -0.25) is 4.79 Å². The summed E-state index contributed by atoms with van der Waals surface area (Å²) in [7, 11) is 0. The second kappa shape index (κ2) is 4.34. The van der Waals surface area contributed by atoms with Crippen LogP contribution in [0.5, 0.6) is 0 Å². The number of aromatic nitrogens is 1. The van der Waals surface area contributed by atoms with Gasteiger partial charge in [0.1, 0.15) is 5.41 Å². The van der Waals surface area contributed by atoms with E-state index in [0.29, 0.717) is 17.9 Å². The molecular weight excluding hydrogens is 246 g/mol. The number of carbonyl (C=O) groups is 1. The first kappa shape index (κ1) is 13.5. The van der Waals surface area contributed by atoms with Crippen LogP contribution in [0.4, 0.5) is 0 Å². The van der Waals surface area contributed by atoms with Crippen LogP contribution in [-0.2, 0) is 14.9 Å². The van der Waals surface area contributed by atoms with E-state index in [9.17, 15) is 4.79 Å². The molecule has 0 bridgehead atoms. The van der Waals surface area contributed by atoms with Crippen LogP contribution in [-0.4, -0.2) is 17.6 Å². The topological polar surface area (TPSA) is 39.2 Å². The van der Waals surface area contributed by atoms with Gasteiger partial charge in [0.05, 0.1) is 17.3 Å². The molecule has 1 aliphatic rings. The number of nitrogens with zero attached hydrogens (tertiary/aromatic N) is 1. The van der Waals surface area contributed by atoms with Crippen molar-refractivity contribution in [1.82, 2.24) is 4.98 Å². The first-order chi connectivity index (χ1) is 8.29. The van der Waals surface area contributed by atoms with Gasteiger partial charge in [-0.15, -0.1) is 11.3 Å². The molecule has 2 rings (SSSR count). The van der Waals surface area contributed by atoms with Crippen molar-refractivity contribution in [3.63, 3.8) is 0 Å². The third kappa shape index (κ3) is 2.30. The number of hydrogen-bond acceptors (Lipinski definition) is 4. The fourth-order valence-electron chi connectivity index (χ4n) is 2.04. The van der Waals surface area contributed by atoms with Gasteiger partial charge in [0.25, 0.3) is 0 Å². The van der Waals surface area contributed by atoms with E-state index in [4.69, 9.17) is 4.74 Å². The van der Waals surface area contributed by atoms with Crippen molar-refractivity contribution in [1.29, 1.82) is 0 Å². The average molecular weight is 267 g/mol. The first-order valence-corrected chi connectivity index (χ1v) is 7.30. The van der Waals surface area contributed by atoms with E-state index in [1.54, 1.807) is 11.3 Å². The van der Waals surface area contributed by atoms with Gasteiger partial charge < -0.3 is 4.74 Å². The summed E-state index contributed by atoms with van der Waals surface area (Å²) in [6, 6.07) is 0. The molecule has 3 nitrogen and oxygen atoms in total. The van der Waals surface area contributed by atoms with Gasteiger partial charge in [0, 0.05) is 11.3 Å². The highest BCUT2D eigenvalue weighted by Crippen LogP contribution is 2.59. The lowest BCUT2D eigenvalue weighted by Gasteiger charge is -2.19. The molecule has 0 amide bonds. The van der Waals surface area contributed by atoms with E-state index < -0.39 is 5.41 Å². The van der Waals surface area contributed by atoms with Crippen LogP contribution in [0.15, 0.2) is 5.38 Å². The summed E-state index contributed by atoms with van der Waals surface area (Å²) in [5.74, 6) is 0.367. The summed E-state index contributed by atoms with van der Waals surface area (Å²) in [6.45, 7) is 10.5. The summed E-state index contributed by atoms with van der Waals surface area (Å²) in [6.07, 6.45) is 1.19. The third-order valence-corrected chi connectivity index (χ3v) is 4.72. The normalized spacial score (nSPS) is 21.7. The van der Waals surface area contributed by atoms with Gasteiger partial charge in [0.15, 0.2) is 0 Å². The van der Waals surface area contributed by atoms with Crippen molar-refractivity contribution in [3.05, 3.63) is 16.1 Å². The fraction of sp³-hybridized carbons (Fsp3) is 0.714. The van der Waals surface area contributed by atoms with Gasteiger partial charge >= 0.3 is 5.97 Å². The molecule has 0 aliphatic heterocycles. The highest BCUT2D eigenvalue weighted by molar-refractivity contribution is 7.09. The molecule has 1 saturated carbocycles.